The zero-order valence-corrected chi connectivity index (χ0v) is 16.6. The summed E-state index contributed by atoms with van der Waals surface area (Å²) in [7, 11) is 0. The molecule has 0 aromatic heterocycles. The minimum absolute atomic E-state index is 0.105. The molecule has 2 aromatic carbocycles. The van der Waals surface area contributed by atoms with Crippen molar-refractivity contribution >= 4 is 23.8 Å². The lowest BCUT2D eigenvalue weighted by Crippen LogP contribution is -2.36. The molecule has 2 aromatic rings. The molecule has 0 aliphatic heterocycles. The third kappa shape index (κ3) is 5.25. The fourth-order valence-electron chi connectivity index (χ4n) is 3.35. The highest BCUT2D eigenvalue weighted by atomic mass is 16.4. The second kappa shape index (κ2) is 9.78. The lowest BCUT2D eigenvalue weighted by molar-refractivity contribution is -0.137. The van der Waals surface area contributed by atoms with Gasteiger partial charge in [-0.3, -0.25) is 9.59 Å². The molecule has 0 saturated heterocycles. The number of rotatable bonds is 10. The second-order valence-corrected chi connectivity index (χ2v) is 6.99. The van der Waals surface area contributed by atoms with Crippen LogP contribution in [0.25, 0.3) is 0 Å². The van der Waals surface area contributed by atoms with Crippen LogP contribution >= 0.6 is 0 Å². The smallest absolute Gasteiger partial charge is 0.305 e. The van der Waals surface area contributed by atoms with Crippen LogP contribution in [0.2, 0.25) is 0 Å². The van der Waals surface area contributed by atoms with E-state index in [9.17, 15) is 19.8 Å². The number of carbonyl (C=O) groups is 2. The molecule has 150 valence electrons. The number of anilines is 2. The van der Waals surface area contributed by atoms with E-state index in [0.29, 0.717) is 25.1 Å². The Bertz CT molecular complexity index is 835. The topological polar surface area (TPSA) is 89.9 Å². The number of carboxylic acids is 1. The Labute approximate surface area is 165 Å². The summed E-state index contributed by atoms with van der Waals surface area (Å²) in [6.45, 7) is 6.22. The molecule has 1 unspecified atom stereocenters. The Morgan fingerprint density at radius 1 is 1.25 bits per heavy atom. The molecular formula is C22H28N2O4. The number of para-hydroxylation sites is 2. The molecule has 0 aliphatic carbocycles. The van der Waals surface area contributed by atoms with E-state index in [-0.39, 0.29) is 12.2 Å². The summed E-state index contributed by atoms with van der Waals surface area (Å²) in [5, 5.41) is 22.6. The zero-order valence-electron chi connectivity index (χ0n) is 16.6. The molecule has 1 amide bonds. The van der Waals surface area contributed by atoms with E-state index in [1.54, 1.807) is 6.07 Å². The van der Waals surface area contributed by atoms with Crippen molar-refractivity contribution < 1.29 is 19.8 Å². The fourth-order valence-corrected chi connectivity index (χ4v) is 3.35. The van der Waals surface area contributed by atoms with Crippen molar-refractivity contribution in [3.05, 3.63) is 53.1 Å². The quantitative estimate of drug-likeness (QED) is 0.534. The van der Waals surface area contributed by atoms with Crippen molar-refractivity contribution in [2.45, 2.75) is 52.6 Å². The van der Waals surface area contributed by atoms with Gasteiger partial charge in [-0.1, -0.05) is 31.5 Å². The van der Waals surface area contributed by atoms with Gasteiger partial charge in [0.05, 0.1) is 17.8 Å². The van der Waals surface area contributed by atoms with Crippen LogP contribution in [0.5, 0.6) is 5.75 Å². The lowest BCUT2D eigenvalue weighted by atomic mass is 10.0. The Balaban J connectivity index is 2.30. The molecule has 0 heterocycles. The van der Waals surface area contributed by atoms with Crippen LogP contribution in [0.3, 0.4) is 0 Å². The van der Waals surface area contributed by atoms with Gasteiger partial charge in [-0.25, -0.2) is 0 Å². The molecule has 0 fully saturated rings. The number of carbonyl (C=O) groups excluding carboxylic acids is 1. The predicted octanol–water partition coefficient (Wildman–Crippen LogP) is 4.23. The summed E-state index contributed by atoms with van der Waals surface area (Å²) in [4.78, 5) is 24.6. The fraction of sp³-hybridized carbons (Fsp3) is 0.364. The van der Waals surface area contributed by atoms with Crippen LogP contribution in [0.1, 0.15) is 42.9 Å². The number of carboxylic acid groups (broad SMARTS) is 1. The van der Waals surface area contributed by atoms with Crippen molar-refractivity contribution in [3.63, 3.8) is 0 Å². The number of aromatic hydroxyl groups is 1. The van der Waals surface area contributed by atoms with Crippen molar-refractivity contribution in [2.75, 3.05) is 10.2 Å². The van der Waals surface area contributed by atoms with Crippen LogP contribution in [0.15, 0.2) is 36.4 Å². The summed E-state index contributed by atoms with van der Waals surface area (Å²) in [5.74, 6) is -0.675. The second-order valence-electron chi connectivity index (χ2n) is 6.99. The summed E-state index contributed by atoms with van der Waals surface area (Å²) in [5.41, 5.74) is 4.11. The molecule has 6 heteroatoms. The molecule has 0 radical (unpaired) electrons. The number of nitrogens with zero attached hydrogens (tertiary/aromatic N) is 1. The van der Waals surface area contributed by atoms with Crippen LogP contribution in [0, 0.1) is 13.8 Å². The number of amides is 1. The normalized spacial score (nSPS) is 11.7. The van der Waals surface area contributed by atoms with E-state index in [2.05, 4.69) is 5.32 Å². The molecule has 0 aliphatic rings. The van der Waals surface area contributed by atoms with Crippen molar-refractivity contribution in [2.24, 2.45) is 0 Å². The Hall–Kier alpha value is -3.02. The van der Waals surface area contributed by atoms with Crippen LogP contribution in [-0.2, 0) is 16.1 Å². The van der Waals surface area contributed by atoms with Gasteiger partial charge >= 0.3 is 5.97 Å². The van der Waals surface area contributed by atoms with E-state index < -0.39 is 12.0 Å². The standard InChI is InChI=1S/C22H28N2O4/c1-4-7-18(12-22(27)28)24(14-25)20-9-6-5-8-19(20)23-13-17-10-15(2)11-21(26)16(17)3/h5-6,8-11,14,18,23,26H,4,7,12-13H2,1-3H3,(H,27,28). The number of phenols is 1. The lowest BCUT2D eigenvalue weighted by Gasteiger charge is -2.29. The number of aliphatic carboxylic acids is 1. The van der Waals surface area contributed by atoms with Gasteiger partial charge in [-0.2, -0.15) is 0 Å². The highest BCUT2D eigenvalue weighted by Gasteiger charge is 2.23. The maximum Gasteiger partial charge on any atom is 0.305 e. The monoisotopic (exact) mass is 384 g/mol. The summed E-state index contributed by atoms with van der Waals surface area (Å²) in [6.07, 6.45) is 1.98. The van der Waals surface area contributed by atoms with Gasteiger partial charge in [0.2, 0.25) is 6.41 Å². The minimum atomic E-state index is -0.929. The largest absolute Gasteiger partial charge is 0.508 e. The zero-order chi connectivity index (χ0) is 20.7. The summed E-state index contributed by atoms with van der Waals surface area (Å²) >= 11 is 0. The predicted molar refractivity (Wildman–Crippen MR) is 111 cm³/mol. The molecular weight excluding hydrogens is 356 g/mol. The molecule has 3 N–H and O–H groups in total. The van der Waals surface area contributed by atoms with E-state index in [1.807, 2.05) is 51.1 Å². The van der Waals surface area contributed by atoms with Crippen molar-refractivity contribution in [1.82, 2.24) is 0 Å². The van der Waals surface area contributed by atoms with E-state index in [1.165, 1.54) is 4.90 Å². The number of nitrogens with one attached hydrogen (secondary N) is 1. The van der Waals surface area contributed by atoms with Gasteiger partial charge in [0.1, 0.15) is 5.75 Å². The maximum absolute atomic E-state index is 11.8. The van der Waals surface area contributed by atoms with Gasteiger partial charge < -0.3 is 20.4 Å². The van der Waals surface area contributed by atoms with E-state index >= 15 is 0 Å². The minimum Gasteiger partial charge on any atom is -0.508 e. The molecule has 28 heavy (non-hydrogen) atoms. The van der Waals surface area contributed by atoms with Crippen LogP contribution in [0.4, 0.5) is 11.4 Å². The SMILES string of the molecule is CCCC(CC(=O)O)N(C=O)c1ccccc1NCc1cc(C)cc(O)c1C. The highest BCUT2D eigenvalue weighted by Crippen LogP contribution is 2.30. The van der Waals surface area contributed by atoms with Crippen molar-refractivity contribution in [3.8, 4) is 5.75 Å². The Kier molecular flexibility index (Phi) is 7.44. The molecule has 0 bridgehead atoms. The molecule has 6 nitrogen and oxygen atoms in total. The first-order valence-electron chi connectivity index (χ1n) is 9.44. The van der Waals surface area contributed by atoms with Gasteiger partial charge in [0.15, 0.2) is 0 Å². The molecule has 2 rings (SSSR count). The van der Waals surface area contributed by atoms with E-state index in [0.717, 1.165) is 28.8 Å². The number of benzene rings is 2. The molecule has 0 saturated carbocycles. The van der Waals surface area contributed by atoms with Gasteiger partial charge in [0.25, 0.3) is 0 Å². The Morgan fingerprint density at radius 2 is 1.96 bits per heavy atom. The first-order chi connectivity index (χ1) is 13.4. The Morgan fingerprint density at radius 3 is 2.61 bits per heavy atom. The van der Waals surface area contributed by atoms with E-state index in [4.69, 9.17) is 0 Å². The number of phenolic OH excluding ortho intramolecular Hbond substituents is 1. The van der Waals surface area contributed by atoms with Crippen molar-refractivity contribution in [1.29, 1.82) is 0 Å². The average Bonchev–Trinajstić information content (AvgIpc) is 2.64. The molecule has 0 spiro atoms. The highest BCUT2D eigenvalue weighted by molar-refractivity contribution is 5.85. The number of hydrogen-bond acceptors (Lipinski definition) is 4. The first-order valence-corrected chi connectivity index (χ1v) is 9.44. The maximum atomic E-state index is 11.8. The third-order valence-corrected chi connectivity index (χ3v) is 4.82. The van der Waals surface area contributed by atoms with Gasteiger partial charge in [-0.15, -0.1) is 0 Å². The third-order valence-electron chi connectivity index (χ3n) is 4.82. The van der Waals surface area contributed by atoms with Gasteiger partial charge in [0, 0.05) is 12.6 Å². The van der Waals surface area contributed by atoms with Crippen LogP contribution < -0.4 is 10.2 Å². The number of aryl methyl sites for hydroxylation is 1. The first kappa shape index (κ1) is 21.3. The van der Waals surface area contributed by atoms with Gasteiger partial charge in [-0.05, 0) is 55.2 Å². The van der Waals surface area contributed by atoms with Crippen LogP contribution in [-0.4, -0.2) is 28.6 Å². The number of hydrogen-bond donors (Lipinski definition) is 3. The summed E-state index contributed by atoms with van der Waals surface area (Å²) < 4.78 is 0. The molecule has 1 atom stereocenters. The summed E-state index contributed by atoms with van der Waals surface area (Å²) in [6, 6.07) is 10.7. The average molecular weight is 384 g/mol.